The van der Waals surface area contributed by atoms with Crippen LogP contribution in [0.15, 0.2) is 97.2 Å². The van der Waals surface area contributed by atoms with Crippen molar-refractivity contribution in [3.05, 3.63) is 145 Å². The van der Waals surface area contributed by atoms with Gasteiger partial charge in [-0.1, -0.05) is 77.8 Å². The van der Waals surface area contributed by atoms with E-state index in [0.717, 1.165) is 11.1 Å². The third kappa shape index (κ3) is 3.87. The van der Waals surface area contributed by atoms with Gasteiger partial charge in [-0.05, 0) is 47.0 Å². The summed E-state index contributed by atoms with van der Waals surface area (Å²) in [5.74, 6) is -2.75. The molecular formula is C33H21Cl2N3O5. The standard InChI is InChI=1S/C33H21Cl2N3O5/c34-20-12-13-23(25(35)17-20)30(40)27-28(29(39)19-7-5-8-21(16-19)38(42)43)37-15-14-18-6-1-2-9-22(18)31(37)33(27)24-10-3-4-11-26(24)36-32(33)41/h1-17,27-28,31H,(H,36,41)/t27-,28+,31+,33+/m1/s1. The fourth-order valence-corrected chi connectivity index (χ4v) is 7.47. The van der Waals surface area contributed by atoms with Crippen LogP contribution >= 0.6 is 23.2 Å². The van der Waals surface area contributed by atoms with Crippen molar-refractivity contribution in [2.24, 2.45) is 5.92 Å². The number of ketones is 2. The van der Waals surface area contributed by atoms with Crippen LogP contribution in [0.1, 0.15) is 43.4 Å². The van der Waals surface area contributed by atoms with Gasteiger partial charge in [0, 0.05) is 40.2 Å². The van der Waals surface area contributed by atoms with Crippen LogP contribution in [-0.2, 0) is 10.2 Å². The highest BCUT2D eigenvalue weighted by Gasteiger charge is 2.70. The van der Waals surface area contributed by atoms with E-state index >= 15 is 0 Å². The predicted octanol–water partition coefficient (Wildman–Crippen LogP) is 6.88. The molecule has 4 aromatic rings. The summed E-state index contributed by atoms with van der Waals surface area (Å²) in [6, 6.07) is 22.6. The van der Waals surface area contributed by atoms with Gasteiger partial charge in [0.05, 0.1) is 21.9 Å². The summed E-state index contributed by atoms with van der Waals surface area (Å²) < 4.78 is 0. The molecule has 43 heavy (non-hydrogen) atoms. The Bertz CT molecular complexity index is 1920. The highest BCUT2D eigenvalue weighted by molar-refractivity contribution is 6.37. The van der Waals surface area contributed by atoms with Crippen molar-refractivity contribution < 1.29 is 19.3 Å². The number of benzene rings is 4. The summed E-state index contributed by atoms with van der Waals surface area (Å²) in [6.07, 6.45) is 3.58. The monoisotopic (exact) mass is 609 g/mol. The first kappa shape index (κ1) is 27.1. The zero-order valence-electron chi connectivity index (χ0n) is 22.2. The number of nitrogens with zero attached hydrogens (tertiary/aromatic N) is 2. The molecule has 0 radical (unpaired) electrons. The Morgan fingerprint density at radius 2 is 1.67 bits per heavy atom. The van der Waals surface area contributed by atoms with Crippen molar-refractivity contribution in [3.63, 3.8) is 0 Å². The molecule has 0 aromatic heterocycles. The number of nitro benzene ring substituents is 1. The summed E-state index contributed by atoms with van der Waals surface area (Å²) in [6.45, 7) is 0. The topological polar surface area (TPSA) is 110 Å². The van der Waals surface area contributed by atoms with E-state index in [1.54, 1.807) is 35.4 Å². The molecule has 4 aromatic carbocycles. The van der Waals surface area contributed by atoms with Gasteiger partial charge in [0.25, 0.3) is 5.69 Å². The van der Waals surface area contributed by atoms with Crippen LogP contribution in [0.2, 0.25) is 10.0 Å². The van der Waals surface area contributed by atoms with E-state index in [4.69, 9.17) is 23.2 Å². The Labute approximate surface area is 255 Å². The molecule has 0 saturated carbocycles. The summed E-state index contributed by atoms with van der Waals surface area (Å²) in [5, 5.41) is 15.0. The van der Waals surface area contributed by atoms with Gasteiger partial charge in [-0.15, -0.1) is 0 Å². The first-order chi connectivity index (χ1) is 20.7. The molecule has 0 unspecified atom stereocenters. The Balaban J connectivity index is 1.54. The molecule has 1 saturated heterocycles. The molecule has 1 fully saturated rings. The second-order valence-corrected chi connectivity index (χ2v) is 11.6. The Kier molecular flexibility index (Phi) is 6.23. The molecular weight excluding hydrogens is 589 g/mol. The third-order valence-electron chi connectivity index (χ3n) is 8.66. The molecule has 212 valence electrons. The lowest BCUT2D eigenvalue weighted by molar-refractivity contribution is -0.384. The van der Waals surface area contributed by atoms with Gasteiger partial charge in [0.15, 0.2) is 11.6 Å². The number of halogens is 2. The van der Waals surface area contributed by atoms with Gasteiger partial charge < -0.3 is 10.2 Å². The minimum absolute atomic E-state index is 0.0500. The zero-order valence-corrected chi connectivity index (χ0v) is 23.8. The lowest BCUT2D eigenvalue weighted by atomic mass is 9.62. The summed E-state index contributed by atoms with van der Waals surface area (Å²) in [5.41, 5.74) is 1.09. The van der Waals surface area contributed by atoms with Gasteiger partial charge in [-0.3, -0.25) is 24.5 Å². The first-order valence-corrected chi connectivity index (χ1v) is 14.2. The van der Waals surface area contributed by atoms with E-state index in [-0.39, 0.29) is 21.8 Å². The highest BCUT2D eigenvalue weighted by Crippen LogP contribution is 2.62. The molecule has 0 bridgehead atoms. The quantitative estimate of drug-likeness (QED) is 0.150. The lowest BCUT2D eigenvalue weighted by Crippen LogP contribution is -2.49. The van der Waals surface area contributed by atoms with E-state index in [2.05, 4.69) is 5.32 Å². The second kappa shape index (κ2) is 9.90. The third-order valence-corrected chi connectivity index (χ3v) is 9.21. The zero-order chi connectivity index (χ0) is 30.0. The summed E-state index contributed by atoms with van der Waals surface area (Å²) >= 11 is 12.7. The van der Waals surface area contributed by atoms with E-state index < -0.39 is 45.8 Å². The van der Waals surface area contributed by atoms with Gasteiger partial charge in [0.2, 0.25) is 5.91 Å². The van der Waals surface area contributed by atoms with Crippen LogP contribution in [0.4, 0.5) is 11.4 Å². The molecule has 1 amide bonds. The van der Waals surface area contributed by atoms with Crippen LogP contribution in [0.3, 0.4) is 0 Å². The number of carbonyl (C=O) groups excluding carboxylic acids is 3. The number of amides is 1. The van der Waals surface area contributed by atoms with Crippen molar-refractivity contribution in [2.45, 2.75) is 17.5 Å². The number of nitrogens with one attached hydrogen (secondary N) is 1. The number of carbonyl (C=O) groups is 3. The van der Waals surface area contributed by atoms with Crippen molar-refractivity contribution in [1.82, 2.24) is 4.90 Å². The highest BCUT2D eigenvalue weighted by atomic mass is 35.5. The number of anilines is 1. The van der Waals surface area contributed by atoms with Gasteiger partial charge in [-0.2, -0.15) is 0 Å². The molecule has 7 rings (SSSR count). The van der Waals surface area contributed by atoms with Gasteiger partial charge >= 0.3 is 0 Å². The molecule has 10 heteroatoms. The van der Waals surface area contributed by atoms with Crippen LogP contribution in [-0.4, -0.2) is 33.3 Å². The maximum Gasteiger partial charge on any atom is 0.270 e. The van der Waals surface area contributed by atoms with E-state index in [1.807, 2.05) is 30.3 Å². The van der Waals surface area contributed by atoms with Crippen molar-refractivity contribution in [1.29, 1.82) is 0 Å². The lowest BCUT2D eigenvalue weighted by Gasteiger charge is -2.38. The molecule has 3 heterocycles. The molecule has 8 nitrogen and oxygen atoms in total. The molecule has 0 aliphatic carbocycles. The SMILES string of the molecule is O=C(c1cccc([N+](=O)[O-])c1)[C@@H]1[C@H](C(=O)c2ccc(Cl)cc2Cl)[C@]2(C(=O)Nc3ccccc32)[C@@H]2c3ccccc3C=CN12. The molecule has 3 aliphatic heterocycles. The number of hydrogen-bond donors (Lipinski definition) is 1. The Morgan fingerprint density at radius 1 is 0.907 bits per heavy atom. The molecule has 1 N–H and O–H groups in total. The predicted molar refractivity (Wildman–Crippen MR) is 162 cm³/mol. The van der Waals surface area contributed by atoms with Gasteiger partial charge in [-0.25, -0.2) is 0 Å². The second-order valence-electron chi connectivity index (χ2n) is 10.7. The normalized spacial score (nSPS) is 23.0. The number of Topliss-reactive ketones (excluding diaryl/α,β-unsaturated/α-hetero) is 2. The number of non-ortho nitro benzene ring substituents is 1. The number of nitro groups is 1. The number of para-hydroxylation sites is 1. The average molecular weight is 610 g/mol. The first-order valence-electron chi connectivity index (χ1n) is 13.5. The number of hydrogen-bond acceptors (Lipinski definition) is 6. The van der Waals surface area contributed by atoms with Crippen LogP contribution in [0, 0.1) is 16.0 Å². The fourth-order valence-electron chi connectivity index (χ4n) is 6.97. The van der Waals surface area contributed by atoms with Crippen molar-refractivity contribution in [2.75, 3.05) is 5.32 Å². The van der Waals surface area contributed by atoms with Crippen molar-refractivity contribution >= 4 is 58.1 Å². The number of fused-ring (bicyclic) bond motifs is 6. The van der Waals surface area contributed by atoms with Gasteiger partial charge in [0.1, 0.15) is 11.5 Å². The van der Waals surface area contributed by atoms with E-state index in [0.29, 0.717) is 16.3 Å². The Hall–Kier alpha value is -4.79. The van der Waals surface area contributed by atoms with Crippen molar-refractivity contribution in [3.8, 4) is 0 Å². The summed E-state index contributed by atoms with van der Waals surface area (Å²) in [7, 11) is 0. The molecule has 3 aliphatic rings. The molecule has 4 atom stereocenters. The Morgan fingerprint density at radius 3 is 2.47 bits per heavy atom. The van der Waals surface area contributed by atoms with Crippen LogP contribution in [0.25, 0.3) is 6.08 Å². The smallest absolute Gasteiger partial charge is 0.270 e. The minimum atomic E-state index is -1.56. The number of rotatable bonds is 5. The summed E-state index contributed by atoms with van der Waals surface area (Å²) in [4.78, 5) is 56.7. The van der Waals surface area contributed by atoms with Crippen LogP contribution in [0.5, 0.6) is 0 Å². The van der Waals surface area contributed by atoms with E-state index in [1.165, 1.54) is 42.5 Å². The fraction of sp³-hybridized carbons (Fsp3) is 0.121. The average Bonchev–Trinajstić information content (AvgIpc) is 3.48. The maximum atomic E-state index is 14.9. The minimum Gasteiger partial charge on any atom is -0.358 e. The molecule has 1 spiro atoms. The van der Waals surface area contributed by atoms with Crippen LogP contribution < -0.4 is 5.32 Å². The largest absolute Gasteiger partial charge is 0.358 e. The van der Waals surface area contributed by atoms with E-state index in [9.17, 15) is 24.5 Å². The maximum absolute atomic E-state index is 14.9.